The summed E-state index contributed by atoms with van der Waals surface area (Å²) in [4.78, 5) is 23.2. The Morgan fingerprint density at radius 3 is 2.44 bits per heavy atom. The minimum Gasteiger partial charge on any atom is -0.383 e. The second-order valence-corrected chi connectivity index (χ2v) is 4.13. The van der Waals surface area contributed by atoms with E-state index in [9.17, 15) is 9.59 Å². The molecule has 0 atom stereocenters. The van der Waals surface area contributed by atoms with E-state index in [1.165, 1.54) is 0 Å². The van der Waals surface area contributed by atoms with Gasteiger partial charge in [-0.1, -0.05) is 29.8 Å². The van der Waals surface area contributed by atoms with Crippen molar-refractivity contribution < 1.29 is 14.3 Å². The van der Waals surface area contributed by atoms with E-state index in [0.717, 1.165) is 5.56 Å². The van der Waals surface area contributed by atoms with Gasteiger partial charge in [-0.2, -0.15) is 0 Å². The summed E-state index contributed by atoms with van der Waals surface area (Å²) in [5.41, 5.74) is 1.77. The summed E-state index contributed by atoms with van der Waals surface area (Å²) in [6.07, 6.45) is 0.457. The zero-order chi connectivity index (χ0) is 13.4. The van der Waals surface area contributed by atoms with E-state index in [4.69, 9.17) is 4.74 Å². The Hall–Kier alpha value is -1.68. The van der Waals surface area contributed by atoms with Gasteiger partial charge in [-0.3, -0.25) is 9.59 Å². The van der Waals surface area contributed by atoms with Crippen molar-refractivity contribution in [3.8, 4) is 0 Å². The molecule has 98 valence electrons. The number of aryl methyl sites for hydroxylation is 1. The summed E-state index contributed by atoms with van der Waals surface area (Å²) >= 11 is 0. The van der Waals surface area contributed by atoms with Gasteiger partial charge >= 0.3 is 0 Å². The minimum atomic E-state index is -0.118. The molecule has 4 nitrogen and oxygen atoms in total. The van der Waals surface area contributed by atoms with E-state index in [-0.39, 0.29) is 24.5 Å². The molecule has 1 aromatic rings. The predicted octanol–water partition coefficient (Wildman–Crippen LogP) is 1.72. The highest BCUT2D eigenvalue weighted by molar-refractivity contribution is 5.97. The van der Waals surface area contributed by atoms with E-state index in [1.807, 2.05) is 19.1 Å². The average molecular weight is 249 g/mol. The SMILES string of the molecule is COCCNC(=O)CCC(=O)c1ccc(C)cc1. The molecule has 1 rings (SSSR count). The summed E-state index contributed by atoms with van der Waals surface area (Å²) in [7, 11) is 1.58. The number of nitrogens with one attached hydrogen (secondary N) is 1. The van der Waals surface area contributed by atoms with Crippen LogP contribution in [0.4, 0.5) is 0 Å². The van der Waals surface area contributed by atoms with Gasteiger partial charge in [0.15, 0.2) is 5.78 Å². The Morgan fingerprint density at radius 2 is 1.83 bits per heavy atom. The first-order valence-corrected chi connectivity index (χ1v) is 5.99. The maximum Gasteiger partial charge on any atom is 0.220 e. The maximum atomic E-state index is 11.8. The van der Waals surface area contributed by atoms with Crippen LogP contribution in [0.2, 0.25) is 0 Å². The molecule has 0 spiro atoms. The minimum absolute atomic E-state index is 0.00288. The second-order valence-electron chi connectivity index (χ2n) is 4.13. The van der Waals surface area contributed by atoms with Gasteiger partial charge in [0.05, 0.1) is 6.61 Å². The van der Waals surface area contributed by atoms with Crippen LogP contribution in [0.25, 0.3) is 0 Å². The number of hydrogen-bond acceptors (Lipinski definition) is 3. The summed E-state index contributed by atoms with van der Waals surface area (Å²) in [6.45, 7) is 2.93. The highest BCUT2D eigenvalue weighted by Gasteiger charge is 2.08. The number of rotatable bonds is 7. The highest BCUT2D eigenvalue weighted by Crippen LogP contribution is 2.07. The van der Waals surface area contributed by atoms with Crippen LogP contribution in [0, 0.1) is 6.92 Å². The number of carbonyl (C=O) groups is 2. The predicted molar refractivity (Wildman–Crippen MR) is 69.6 cm³/mol. The Morgan fingerprint density at radius 1 is 1.17 bits per heavy atom. The van der Waals surface area contributed by atoms with Crippen LogP contribution in [0.3, 0.4) is 0 Å². The monoisotopic (exact) mass is 249 g/mol. The molecule has 1 aromatic carbocycles. The number of hydrogen-bond donors (Lipinski definition) is 1. The molecular formula is C14H19NO3. The summed E-state index contributed by atoms with van der Waals surface area (Å²) < 4.78 is 4.82. The molecule has 0 fully saturated rings. The topological polar surface area (TPSA) is 55.4 Å². The number of Topliss-reactive ketones (excluding diaryl/α,β-unsaturated/α-hetero) is 1. The first-order valence-electron chi connectivity index (χ1n) is 5.99. The van der Waals surface area contributed by atoms with Gasteiger partial charge in [0.2, 0.25) is 5.91 Å². The Balaban J connectivity index is 2.32. The number of ether oxygens (including phenoxy) is 1. The van der Waals surface area contributed by atoms with Crippen molar-refractivity contribution in [2.45, 2.75) is 19.8 Å². The quantitative estimate of drug-likeness (QED) is 0.591. The van der Waals surface area contributed by atoms with E-state index in [0.29, 0.717) is 18.7 Å². The van der Waals surface area contributed by atoms with E-state index in [2.05, 4.69) is 5.32 Å². The van der Waals surface area contributed by atoms with Crippen LogP contribution >= 0.6 is 0 Å². The van der Waals surface area contributed by atoms with Gasteiger partial charge in [0.25, 0.3) is 0 Å². The molecule has 0 bridgehead atoms. The number of benzene rings is 1. The van der Waals surface area contributed by atoms with Crippen LogP contribution in [0.1, 0.15) is 28.8 Å². The fourth-order valence-corrected chi connectivity index (χ4v) is 1.49. The lowest BCUT2D eigenvalue weighted by atomic mass is 10.1. The fourth-order valence-electron chi connectivity index (χ4n) is 1.49. The number of ketones is 1. The van der Waals surface area contributed by atoms with Crippen molar-refractivity contribution in [3.05, 3.63) is 35.4 Å². The van der Waals surface area contributed by atoms with Gasteiger partial charge in [-0.05, 0) is 6.92 Å². The highest BCUT2D eigenvalue weighted by atomic mass is 16.5. The van der Waals surface area contributed by atoms with Crippen LogP contribution < -0.4 is 5.32 Å². The van der Waals surface area contributed by atoms with Gasteiger partial charge in [-0.15, -0.1) is 0 Å². The second kappa shape index (κ2) is 7.61. The van der Waals surface area contributed by atoms with Crippen molar-refractivity contribution in [2.75, 3.05) is 20.3 Å². The molecule has 0 aliphatic rings. The van der Waals surface area contributed by atoms with E-state index >= 15 is 0 Å². The number of amides is 1. The van der Waals surface area contributed by atoms with Crippen LogP contribution in [-0.4, -0.2) is 32.0 Å². The molecule has 0 radical (unpaired) electrons. The van der Waals surface area contributed by atoms with Gasteiger partial charge in [-0.25, -0.2) is 0 Å². The lowest BCUT2D eigenvalue weighted by Crippen LogP contribution is -2.27. The fraction of sp³-hybridized carbons (Fsp3) is 0.429. The standard InChI is InChI=1S/C14H19NO3/c1-11-3-5-12(6-4-11)13(16)7-8-14(17)15-9-10-18-2/h3-6H,7-10H2,1-2H3,(H,15,17). The zero-order valence-electron chi connectivity index (χ0n) is 10.9. The largest absolute Gasteiger partial charge is 0.383 e. The molecule has 0 aliphatic heterocycles. The normalized spacial score (nSPS) is 10.1. The molecule has 0 aliphatic carbocycles. The van der Waals surface area contributed by atoms with E-state index in [1.54, 1.807) is 19.2 Å². The van der Waals surface area contributed by atoms with Gasteiger partial charge in [0, 0.05) is 32.1 Å². The molecule has 1 N–H and O–H groups in total. The van der Waals surface area contributed by atoms with Crippen LogP contribution in [-0.2, 0) is 9.53 Å². The van der Waals surface area contributed by atoms with Crippen molar-refractivity contribution >= 4 is 11.7 Å². The van der Waals surface area contributed by atoms with Crippen LogP contribution in [0.5, 0.6) is 0 Å². The van der Waals surface area contributed by atoms with Crippen molar-refractivity contribution in [1.29, 1.82) is 0 Å². The number of carbonyl (C=O) groups excluding carboxylic acids is 2. The van der Waals surface area contributed by atoms with Gasteiger partial charge in [0.1, 0.15) is 0 Å². The molecule has 0 saturated heterocycles. The Labute approximate surface area is 107 Å². The third-order valence-electron chi connectivity index (χ3n) is 2.58. The molecule has 4 heteroatoms. The average Bonchev–Trinajstić information content (AvgIpc) is 2.37. The van der Waals surface area contributed by atoms with Crippen molar-refractivity contribution in [3.63, 3.8) is 0 Å². The third kappa shape index (κ3) is 5.10. The third-order valence-corrected chi connectivity index (χ3v) is 2.58. The first-order chi connectivity index (χ1) is 8.63. The molecular weight excluding hydrogens is 230 g/mol. The van der Waals surface area contributed by atoms with E-state index < -0.39 is 0 Å². The first kappa shape index (κ1) is 14.4. The lowest BCUT2D eigenvalue weighted by molar-refractivity contribution is -0.121. The molecule has 18 heavy (non-hydrogen) atoms. The molecule has 0 heterocycles. The van der Waals surface area contributed by atoms with Crippen molar-refractivity contribution in [1.82, 2.24) is 5.32 Å². The summed E-state index contributed by atoms with van der Waals surface area (Å²) in [5.74, 6) is -0.121. The molecule has 0 saturated carbocycles. The summed E-state index contributed by atoms with van der Waals surface area (Å²) in [6, 6.07) is 7.37. The van der Waals surface area contributed by atoms with Crippen molar-refractivity contribution in [2.24, 2.45) is 0 Å². The lowest BCUT2D eigenvalue weighted by Gasteiger charge is -2.04. The van der Waals surface area contributed by atoms with Crippen LogP contribution in [0.15, 0.2) is 24.3 Å². The molecule has 0 aromatic heterocycles. The number of methoxy groups -OCH3 is 1. The maximum absolute atomic E-state index is 11.8. The zero-order valence-corrected chi connectivity index (χ0v) is 10.9. The Kier molecular flexibility index (Phi) is 6.08. The molecule has 1 amide bonds. The Bertz CT molecular complexity index is 398. The molecule has 0 unspecified atom stereocenters. The summed E-state index contributed by atoms with van der Waals surface area (Å²) in [5, 5.41) is 2.68. The smallest absolute Gasteiger partial charge is 0.220 e. The van der Waals surface area contributed by atoms with Gasteiger partial charge < -0.3 is 10.1 Å².